The second kappa shape index (κ2) is 10.1. The molecule has 2 rings (SSSR count). The molecule has 1 N–H and O–H groups in total. The first-order chi connectivity index (χ1) is 10.3. The number of nitrogens with zero attached hydrogens (tertiary/aromatic N) is 2. The lowest BCUT2D eigenvalue weighted by Gasteiger charge is -2.21. The van der Waals surface area contributed by atoms with E-state index in [1.54, 1.807) is 0 Å². The van der Waals surface area contributed by atoms with Crippen molar-refractivity contribution in [1.29, 1.82) is 0 Å². The molecule has 124 valence electrons. The lowest BCUT2D eigenvalue weighted by Crippen LogP contribution is -2.39. The number of hydrogen-bond acceptors (Lipinski definition) is 1. The Balaban J connectivity index is 0.00000242. The zero-order chi connectivity index (χ0) is 15.1. The molecule has 1 aromatic carbocycles. The van der Waals surface area contributed by atoms with E-state index in [1.165, 1.54) is 24.8 Å². The van der Waals surface area contributed by atoms with E-state index < -0.39 is 0 Å². The summed E-state index contributed by atoms with van der Waals surface area (Å²) in [5, 5.41) is 3.40. The van der Waals surface area contributed by atoms with Gasteiger partial charge < -0.3 is 10.2 Å². The number of rotatable bonds is 7. The van der Waals surface area contributed by atoms with Crippen molar-refractivity contribution >= 4 is 29.9 Å². The molecule has 0 aromatic heterocycles. The third kappa shape index (κ3) is 5.78. The molecular formula is C18H30IN3. The van der Waals surface area contributed by atoms with E-state index in [0.29, 0.717) is 0 Å². The summed E-state index contributed by atoms with van der Waals surface area (Å²) in [6.45, 7) is 7.31. The van der Waals surface area contributed by atoms with Gasteiger partial charge in [0.2, 0.25) is 0 Å². The summed E-state index contributed by atoms with van der Waals surface area (Å²) in [6.07, 6.45) is 3.73. The zero-order valence-electron chi connectivity index (χ0n) is 14.1. The maximum Gasteiger partial charge on any atom is 0.193 e. The van der Waals surface area contributed by atoms with Crippen LogP contribution >= 0.6 is 24.0 Å². The van der Waals surface area contributed by atoms with Crippen molar-refractivity contribution in [2.75, 3.05) is 26.7 Å². The highest BCUT2D eigenvalue weighted by Gasteiger charge is 2.37. The molecule has 1 fully saturated rings. The van der Waals surface area contributed by atoms with Crippen molar-refractivity contribution < 1.29 is 0 Å². The first-order valence-corrected chi connectivity index (χ1v) is 8.30. The largest absolute Gasteiger partial charge is 0.357 e. The zero-order valence-corrected chi connectivity index (χ0v) is 16.4. The summed E-state index contributed by atoms with van der Waals surface area (Å²) >= 11 is 0. The number of guanidine groups is 1. The van der Waals surface area contributed by atoms with Gasteiger partial charge in [-0.3, -0.25) is 4.99 Å². The molecule has 2 unspecified atom stereocenters. The Morgan fingerprint density at radius 2 is 2.00 bits per heavy atom. The predicted molar refractivity (Wildman–Crippen MR) is 106 cm³/mol. The quantitative estimate of drug-likeness (QED) is 0.413. The summed E-state index contributed by atoms with van der Waals surface area (Å²) in [5.74, 6) is 2.50. The normalized spacial score (nSPS) is 20.2. The fourth-order valence-corrected chi connectivity index (χ4v) is 2.73. The van der Waals surface area contributed by atoms with E-state index in [1.807, 2.05) is 0 Å². The van der Waals surface area contributed by atoms with Gasteiger partial charge in [-0.25, -0.2) is 0 Å². The Labute approximate surface area is 152 Å². The van der Waals surface area contributed by atoms with Gasteiger partial charge >= 0.3 is 0 Å². The predicted octanol–water partition coefficient (Wildman–Crippen LogP) is 4.11. The van der Waals surface area contributed by atoms with E-state index in [0.717, 1.165) is 37.4 Å². The molecule has 0 spiro atoms. The van der Waals surface area contributed by atoms with Crippen LogP contribution in [0.4, 0.5) is 0 Å². The Kier molecular flexibility index (Phi) is 8.83. The molecule has 0 heterocycles. The molecule has 0 amide bonds. The highest BCUT2D eigenvalue weighted by atomic mass is 127. The van der Waals surface area contributed by atoms with Crippen LogP contribution in [0.2, 0.25) is 0 Å². The molecule has 1 aliphatic carbocycles. The topological polar surface area (TPSA) is 27.6 Å². The Bertz CT molecular complexity index is 447. The van der Waals surface area contributed by atoms with Crippen molar-refractivity contribution in [3.05, 3.63) is 35.9 Å². The molecule has 2 atom stereocenters. The lowest BCUT2D eigenvalue weighted by molar-refractivity contribution is 0.464. The molecule has 3 nitrogen and oxygen atoms in total. The van der Waals surface area contributed by atoms with Gasteiger partial charge in [0.05, 0.1) is 0 Å². The molecule has 0 saturated heterocycles. The first-order valence-electron chi connectivity index (χ1n) is 8.30. The van der Waals surface area contributed by atoms with Gasteiger partial charge in [-0.1, -0.05) is 43.7 Å². The third-order valence-electron chi connectivity index (χ3n) is 4.17. The van der Waals surface area contributed by atoms with Crippen LogP contribution < -0.4 is 5.32 Å². The van der Waals surface area contributed by atoms with Gasteiger partial charge in [0.15, 0.2) is 5.96 Å². The second-order valence-corrected chi connectivity index (χ2v) is 5.98. The minimum atomic E-state index is 0. The summed E-state index contributed by atoms with van der Waals surface area (Å²) in [7, 11) is 2.14. The summed E-state index contributed by atoms with van der Waals surface area (Å²) in [4.78, 5) is 7.09. The molecule has 4 heteroatoms. The number of halogens is 1. The highest BCUT2D eigenvalue weighted by Crippen LogP contribution is 2.47. The molecule has 1 saturated carbocycles. The summed E-state index contributed by atoms with van der Waals surface area (Å²) in [6, 6.07) is 10.8. The molecule has 1 aliphatic rings. The van der Waals surface area contributed by atoms with Gasteiger partial charge in [0, 0.05) is 26.7 Å². The summed E-state index contributed by atoms with van der Waals surface area (Å²) < 4.78 is 0. The maximum absolute atomic E-state index is 4.84. The van der Waals surface area contributed by atoms with Crippen molar-refractivity contribution in [1.82, 2.24) is 10.2 Å². The van der Waals surface area contributed by atoms with Crippen LogP contribution in [0.1, 0.15) is 44.6 Å². The lowest BCUT2D eigenvalue weighted by atomic mass is 10.1. The standard InChI is InChI=1S/C18H29N3.HI/c1-4-6-12-21(3)18(19-5-2)20-14-16-13-17(16)15-10-8-7-9-11-15;/h7-11,16-17H,4-6,12-14H2,1-3H3,(H,19,20);1H. The van der Waals surface area contributed by atoms with Crippen LogP contribution in [0.25, 0.3) is 0 Å². The molecule has 22 heavy (non-hydrogen) atoms. The van der Waals surface area contributed by atoms with Crippen LogP contribution in [-0.4, -0.2) is 37.5 Å². The minimum absolute atomic E-state index is 0. The number of nitrogens with one attached hydrogen (secondary N) is 1. The van der Waals surface area contributed by atoms with Gasteiger partial charge in [-0.15, -0.1) is 24.0 Å². The minimum Gasteiger partial charge on any atom is -0.357 e. The number of unbranched alkanes of at least 4 members (excludes halogenated alkanes) is 1. The van der Waals surface area contributed by atoms with Gasteiger partial charge in [-0.05, 0) is 37.2 Å². The van der Waals surface area contributed by atoms with Gasteiger partial charge in [-0.2, -0.15) is 0 Å². The van der Waals surface area contributed by atoms with E-state index in [-0.39, 0.29) is 24.0 Å². The first kappa shape index (κ1) is 19.3. The van der Waals surface area contributed by atoms with E-state index in [9.17, 15) is 0 Å². The fourth-order valence-electron chi connectivity index (χ4n) is 2.73. The molecule has 0 radical (unpaired) electrons. The van der Waals surface area contributed by atoms with Crippen molar-refractivity contribution in [2.45, 2.75) is 39.0 Å². The maximum atomic E-state index is 4.84. The van der Waals surface area contributed by atoms with Gasteiger partial charge in [0.1, 0.15) is 0 Å². The number of benzene rings is 1. The van der Waals surface area contributed by atoms with E-state index in [4.69, 9.17) is 4.99 Å². The summed E-state index contributed by atoms with van der Waals surface area (Å²) in [5.41, 5.74) is 1.47. The monoisotopic (exact) mass is 415 g/mol. The molecular weight excluding hydrogens is 385 g/mol. The van der Waals surface area contributed by atoms with Crippen LogP contribution in [0, 0.1) is 5.92 Å². The molecule has 0 aliphatic heterocycles. The van der Waals surface area contributed by atoms with Crippen LogP contribution in [0.5, 0.6) is 0 Å². The van der Waals surface area contributed by atoms with Crippen LogP contribution in [0.15, 0.2) is 35.3 Å². The average molecular weight is 415 g/mol. The number of hydrogen-bond donors (Lipinski definition) is 1. The van der Waals surface area contributed by atoms with Crippen molar-refractivity contribution in [2.24, 2.45) is 10.9 Å². The SMILES string of the molecule is CCCCN(C)C(=NCC1CC1c1ccccc1)NCC.I. The smallest absolute Gasteiger partial charge is 0.193 e. The second-order valence-electron chi connectivity index (χ2n) is 5.98. The Hall–Kier alpha value is -0.780. The molecule has 1 aromatic rings. The average Bonchev–Trinajstić information content (AvgIpc) is 3.29. The van der Waals surface area contributed by atoms with Crippen LogP contribution in [-0.2, 0) is 0 Å². The van der Waals surface area contributed by atoms with Crippen molar-refractivity contribution in [3.63, 3.8) is 0 Å². The van der Waals surface area contributed by atoms with Crippen LogP contribution in [0.3, 0.4) is 0 Å². The Morgan fingerprint density at radius 1 is 1.27 bits per heavy atom. The highest BCUT2D eigenvalue weighted by molar-refractivity contribution is 14.0. The third-order valence-corrected chi connectivity index (χ3v) is 4.17. The molecule has 0 bridgehead atoms. The fraction of sp³-hybridized carbons (Fsp3) is 0.611. The van der Waals surface area contributed by atoms with E-state index in [2.05, 4.69) is 61.4 Å². The Morgan fingerprint density at radius 3 is 2.64 bits per heavy atom. The van der Waals surface area contributed by atoms with Gasteiger partial charge in [0.25, 0.3) is 0 Å². The van der Waals surface area contributed by atoms with E-state index >= 15 is 0 Å². The van der Waals surface area contributed by atoms with Crippen molar-refractivity contribution in [3.8, 4) is 0 Å². The number of aliphatic imine (C=N–C) groups is 1.